The van der Waals surface area contributed by atoms with Crippen LogP contribution in [0, 0.1) is 11.8 Å². The van der Waals surface area contributed by atoms with E-state index in [1.165, 1.54) is 11.0 Å². The fraction of sp³-hybridized carbons (Fsp3) is 0.476. The lowest BCUT2D eigenvalue weighted by Crippen LogP contribution is -2.34. The molecule has 2 amide bonds. The molecule has 2 saturated heterocycles. The van der Waals surface area contributed by atoms with Crippen LogP contribution in [-0.2, 0) is 9.59 Å². The Labute approximate surface area is 158 Å². The van der Waals surface area contributed by atoms with E-state index in [4.69, 9.17) is 0 Å². The molecule has 1 aromatic carbocycles. The van der Waals surface area contributed by atoms with E-state index >= 15 is 0 Å². The second-order valence-electron chi connectivity index (χ2n) is 7.58. The van der Waals surface area contributed by atoms with Crippen LogP contribution in [0.25, 0.3) is 0 Å². The highest BCUT2D eigenvalue weighted by atomic mass is 16.4. The Balaban J connectivity index is 1.77. The summed E-state index contributed by atoms with van der Waals surface area (Å²) in [6.45, 7) is 1.70. The molecule has 2 heterocycles. The zero-order chi connectivity index (χ0) is 19.0. The minimum Gasteiger partial charge on any atom is -0.478 e. The van der Waals surface area contributed by atoms with Crippen LogP contribution in [0.4, 0.5) is 11.4 Å². The predicted molar refractivity (Wildman–Crippen MR) is 102 cm³/mol. The molecule has 1 N–H and O–H groups in total. The molecule has 6 nitrogen and oxygen atoms in total. The van der Waals surface area contributed by atoms with Crippen molar-refractivity contribution in [3.05, 3.63) is 35.9 Å². The number of hydrogen-bond acceptors (Lipinski definition) is 4. The largest absolute Gasteiger partial charge is 0.478 e. The highest BCUT2D eigenvalue weighted by Gasteiger charge is 2.48. The maximum atomic E-state index is 13.0. The van der Waals surface area contributed by atoms with E-state index in [0.29, 0.717) is 18.5 Å². The van der Waals surface area contributed by atoms with Crippen LogP contribution in [0.2, 0.25) is 0 Å². The van der Waals surface area contributed by atoms with Crippen LogP contribution in [-0.4, -0.2) is 36.0 Å². The lowest BCUT2D eigenvalue weighted by molar-refractivity contribution is -0.122. The molecule has 27 heavy (non-hydrogen) atoms. The van der Waals surface area contributed by atoms with Crippen molar-refractivity contribution >= 4 is 29.2 Å². The molecule has 2 atom stereocenters. The number of nitrogens with zero attached hydrogens (tertiary/aromatic N) is 2. The average Bonchev–Trinajstić information content (AvgIpc) is 2.86. The number of hydrogen-bond donors (Lipinski definition) is 1. The smallest absolute Gasteiger partial charge is 0.335 e. The summed E-state index contributed by atoms with van der Waals surface area (Å²) in [7, 11) is 0. The number of aromatic carboxylic acids is 1. The Bertz CT molecular complexity index is 782. The molecule has 0 aromatic heterocycles. The van der Waals surface area contributed by atoms with Crippen molar-refractivity contribution in [3.8, 4) is 0 Å². The third kappa shape index (κ3) is 3.13. The van der Waals surface area contributed by atoms with Crippen molar-refractivity contribution in [2.45, 2.75) is 38.5 Å². The molecule has 3 aliphatic rings. The molecule has 4 rings (SSSR count). The molecule has 2 aliphatic heterocycles. The number of anilines is 2. The van der Waals surface area contributed by atoms with E-state index in [2.05, 4.69) is 4.90 Å². The van der Waals surface area contributed by atoms with E-state index in [1.54, 1.807) is 12.1 Å². The summed E-state index contributed by atoms with van der Waals surface area (Å²) < 4.78 is 0. The van der Waals surface area contributed by atoms with Crippen molar-refractivity contribution in [1.82, 2.24) is 0 Å². The number of carboxylic acid groups (broad SMARTS) is 1. The standard InChI is InChI=1S/C21H24N2O4/c24-19-15-7-3-4-8-16(15)20(25)23(19)18-13-14(21(26)27)9-10-17(18)22-11-5-1-2-6-12-22/h3-4,9-10,13,15-16H,1-2,5-8,11-12H2,(H,26,27)/t15-,16+. The van der Waals surface area contributed by atoms with Gasteiger partial charge >= 0.3 is 5.97 Å². The maximum absolute atomic E-state index is 13.0. The van der Waals surface area contributed by atoms with Crippen molar-refractivity contribution in [1.29, 1.82) is 0 Å². The zero-order valence-electron chi connectivity index (χ0n) is 15.3. The SMILES string of the molecule is O=C(O)c1ccc(N2CCCCCC2)c(N2C(=O)[C@H]3CC=CC[C@H]3C2=O)c1. The molecule has 0 spiro atoms. The van der Waals surface area contributed by atoms with E-state index in [-0.39, 0.29) is 29.2 Å². The van der Waals surface area contributed by atoms with Gasteiger partial charge in [-0.25, -0.2) is 9.69 Å². The van der Waals surface area contributed by atoms with Crippen molar-refractivity contribution in [3.63, 3.8) is 0 Å². The summed E-state index contributed by atoms with van der Waals surface area (Å²) in [5, 5.41) is 9.42. The summed E-state index contributed by atoms with van der Waals surface area (Å²) in [6, 6.07) is 4.81. The number of carbonyl (C=O) groups is 3. The van der Waals surface area contributed by atoms with Crippen LogP contribution in [0.1, 0.15) is 48.9 Å². The van der Waals surface area contributed by atoms with Gasteiger partial charge in [-0.1, -0.05) is 25.0 Å². The Morgan fingerprint density at radius 2 is 1.48 bits per heavy atom. The van der Waals surface area contributed by atoms with Gasteiger partial charge in [0, 0.05) is 13.1 Å². The minimum atomic E-state index is -1.06. The molecule has 0 unspecified atom stereocenters. The lowest BCUT2D eigenvalue weighted by atomic mass is 9.85. The quantitative estimate of drug-likeness (QED) is 0.655. The molecular weight excluding hydrogens is 344 g/mol. The average molecular weight is 368 g/mol. The molecule has 0 saturated carbocycles. The number of allylic oxidation sites excluding steroid dienone is 2. The van der Waals surface area contributed by atoms with Gasteiger partial charge in [0.1, 0.15) is 0 Å². The second-order valence-corrected chi connectivity index (χ2v) is 7.58. The van der Waals surface area contributed by atoms with Crippen LogP contribution in [0.5, 0.6) is 0 Å². The summed E-state index contributed by atoms with van der Waals surface area (Å²) in [4.78, 5) is 41.0. The van der Waals surface area contributed by atoms with Gasteiger partial charge in [0.25, 0.3) is 0 Å². The Hall–Kier alpha value is -2.63. The first-order valence-electron chi connectivity index (χ1n) is 9.73. The summed E-state index contributed by atoms with van der Waals surface area (Å²) in [5.41, 5.74) is 1.31. The van der Waals surface area contributed by atoms with Gasteiger partial charge in [0.15, 0.2) is 0 Å². The van der Waals surface area contributed by atoms with Crippen molar-refractivity contribution in [2.75, 3.05) is 22.9 Å². The van der Waals surface area contributed by atoms with E-state index < -0.39 is 5.97 Å². The number of carbonyl (C=O) groups excluding carboxylic acids is 2. The molecule has 142 valence electrons. The third-order valence-electron chi connectivity index (χ3n) is 5.92. The number of fused-ring (bicyclic) bond motifs is 1. The Kier molecular flexibility index (Phi) is 4.72. The first kappa shape index (κ1) is 17.8. The number of rotatable bonds is 3. The van der Waals surface area contributed by atoms with Gasteiger partial charge in [-0.05, 0) is 43.9 Å². The van der Waals surface area contributed by atoms with Crippen LogP contribution < -0.4 is 9.80 Å². The van der Waals surface area contributed by atoms with E-state index in [9.17, 15) is 19.5 Å². The predicted octanol–water partition coefficient (Wildman–Crippen LogP) is 3.22. The molecular formula is C21H24N2O4. The fourth-order valence-electron chi connectivity index (χ4n) is 4.45. The zero-order valence-corrected chi connectivity index (χ0v) is 15.3. The summed E-state index contributed by atoms with van der Waals surface area (Å²) in [5.74, 6) is -2.11. The molecule has 0 bridgehead atoms. The van der Waals surface area contributed by atoms with Gasteiger partial charge in [-0.3, -0.25) is 9.59 Å². The van der Waals surface area contributed by atoms with Crippen LogP contribution >= 0.6 is 0 Å². The van der Waals surface area contributed by atoms with Crippen molar-refractivity contribution in [2.24, 2.45) is 11.8 Å². The monoisotopic (exact) mass is 368 g/mol. The minimum absolute atomic E-state index is 0.0946. The molecule has 2 fully saturated rings. The molecule has 1 aliphatic carbocycles. The summed E-state index contributed by atoms with van der Waals surface area (Å²) >= 11 is 0. The summed E-state index contributed by atoms with van der Waals surface area (Å²) in [6.07, 6.45) is 9.49. The van der Waals surface area contributed by atoms with Gasteiger partial charge in [-0.15, -0.1) is 0 Å². The van der Waals surface area contributed by atoms with E-state index in [0.717, 1.165) is 44.5 Å². The topological polar surface area (TPSA) is 77.9 Å². The van der Waals surface area contributed by atoms with Crippen LogP contribution in [0.3, 0.4) is 0 Å². The van der Waals surface area contributed by atoms with Gasteiger partial charge in [0.05, 0.1) is 28.8 Å². The maximum Gasteiger partial charge on any atom is 0.335 e. The first-order chi connectivity index (χ1) is 13.1. The Morgan fingerprint density at radius 1 is 0.889 bits per heavy atom. The molecule has 0 radical (unpaired) electrons. The van der Waals surface area contributed by atoms with Gasteiger partial charge in [-0.2, -0.15) is 0 Å². The number of benzene rings is 1. The van der Waals surface area contributed by atoms with E-state index in [1.807, 2.05) is 12.2 Å². The molecule has 6 heteroatoms. The third-order valence-corrected chi connectivity index (χ3v) is 5.92. The normalized spacial score (nSPS) is 25.5. The van der Waals surface area contributed by atoms with Gasteiger partial charge < -0.3 is 10.0 Å². The fourth-order valence-corrected chi connectivity index (χ4v) is 4.45. The highest BCUT2D eigenvalue weighted by Crippen LogP contribution is 2.41. The lowest BCUT2D eigenvalue weighted by Gasteiger charge is -2.28. The number of carboxylic acids is 1. The number of imide groups is 1. The highest BCUT2D eigenvalue weighted by molar-refractivity contribution is 6.23. The Morgan fingerprint density at radius 3 is 2.04 bits per heavy atom. The van der Waals surface area contributed by atoms with Gasteiger partial charge in [0.2, 0.25) is 11.8 Å². The second kappa shape index (κ2) is 7.18. The van der Waals surface area contributed by atoms with Crippen LogP contribution in [0.15, 0.2) is 30.4 Å². The first-order valence-corrected chi connectivity index (χ1v) is 9.73. The molecule has 1 aromatic rings. The number of amides is 2. The van der Waals surface area contributed by atoms with Crippen molar-refractivity contribution < 1.29 is 19.5 Å².